The van der Waals surface area contributed by atoms with Gasteiger partial charge in [-0.25, -0.2) is 0 Å². The first-order valence-corrected chi connectivity index (χ1v) is 6.15. The van der Waals surface area contributed by atoms with Gasteiger partial charge in [0.05, 0.1) is 6.42 Å². The van der Waals surface area contributed by atoms with E-state index in [9.17, 15) is 9.59 Å². The minimum absolute atomic E-state index is 0.00414. The molecule has 4 heteroatoms. The maximum absolute atomic E-state index is 11.6. The van der Waals surface area contributed by atoms with Crippen LogP contribution in [0.2, 0.25) is 0 Å². The number of hydrogen-bond acceptors (Lipinski definition) is 2. The number of anilines is 1. The van der Waals surface area contributed by atoms with Gasteiger partial charge >= 0.3 is 5.97 Å². The highest BCUT2D eigenvalue weighted by atomic mass is 16.4. The normalized spacial score (nSPS) is 11.9. The molecule has 1 aromatic carbocycles. The molecule has 2 N–H and O–H groups in total. The van der Waals surface area contributed by atoms with Crippen LogP contribution >= 0.6 is 0 Å². The number of para-hydroxylation sites is 1. The van der Waals surface area contributed by atoms with Crippen LogP contribution < -0.4 is 5.32 Å². The van der Waals surface area contributed by atoms with Gasteiger partial charge in [0.2, 0.25) is 5.91 Å². The lowest BCUT2D eigenvalue weighted by molar-refractivity contribution is -0.138. The van der Waals surface area contributed by atoms with Crippen LogP contribution in [0.4, 0.5) is 5.69 Å². The maximum Gasteiger partial charge on any atom is 0.303 e. The zero-order chi connectivity index (χ0) is 13.5. The molecule has 18 heavy (non-hydrogen) atoms. The molecule has 0 fully saturated rings. The number of rotatable bonds is 6. The molecule has 0 aliphatic heterocycles. The van der Waals surface area contributed by atoms with E-state index in [1.165, 1.54) is 0 Å². The third-order valence-corrected chi connectivity index (χ3v) is 2.94. The molecular weight excluding hydrogens is 230 g/mol. The first-order valence-electron chi connectivity index (χ1n) is 6.15. The Hall–Kier alpha value is -1.84. The van der Waals surface area contributed by atoms with Crippen molar-refractivity contribution in [2.45, 2.75) is 39.0 Å². The van der Waals surface area contributed by atoms with Crippen molar-refractivity contribution in [1.29, 1.82) is 0 Å². The lowest BCUT2D eigenvalue weighted by Crippen LogP contribution is -2.14. The van der Waals surface area contributed by atoms with E-state index in [-0.39, 0.29) is 18.7 Å². The van der Waals surface area contributed by atoms with Gasteiger partial charge in [-0.2, -0.15) is 0 Å². The Balaban J connectivity index is 2.72. The predicted octanol–water partition coefficient (Wildman–Crippen LogP) is 3.00. The van der Waals surface area contributed by atoms with Crippen LogP contribution in [-0.4, -0.2) is 17.0 Å². The van der Waals surface area contributed by atoms with Crippen LogP contribution in [0, 0.1) is 0 Å². The quantitative estimate of drug-likeness (QED) is 0.814. The van der Waals surface area contributed by atoms with E-state index in [2.05, 4.69) is 19.2 Å². The van der Waals surface area contributed by atoms with Crippen molar-refractivity contribution < 1.29 is 14.7 Å². The summed E-state index contributed by atoms with van der Waals surface area (Å²) >= 11 is 0. The lowest BCUT2D eigenvalue weighted by atomic mass is 9.97. The number of hydrogen-bond donors (Lipinski definition) is 2. The van der Waals surface area contributed by atoms with E-state index in [1.54, 1.807) is 0 Å². The van der Waals surface area contributed by atoms with Gasteiger partial charge in [0.1, 0.15) is 0 Å². The van der Waals surface area contributed by atoms with Crippen molar-refractivity contribution in [3.63, 3.8) is 0 Å². The van der Waals surface area contributed by atoms with Crippen molar-refractivity contribution >= 4 is 17.6 Å². The first kappa shape index (κ1) is 14.2. The van der Waals surface area contributed by atoms with Crippen molar-refractivity contribution in [1.82, 2.24) is 0 Å². The van der Waals surface area contributed by atoms with Crippen LogP contribution in [-0.2, 0) is 9.59 Å². The summed E-state index contributed by atoms with van der Waals surface area (Å²) < 4.78 is 0. The average Bonchev–Trinajstić information content (AvgIpc) is 2.36. The summed E-state index contributed by atoms with van der Waals surface area (Å²) in [5.41, 5.74) is 1.87. The molecule has 0 aliphatic carbocycles. The fourth-order valence-corrected chi connectivity index (χ4v) is 1.69. The van der Waals surface area contributed by atoms with Crippen LogP contribution in [0.3, 0.4) is 0 Å². The number of carboxylic acids is 1. The van der Waals surface area contributed by atoms with Gasteiger partial charge in [-0.05, 0) is 24.0 Å². The second-order valence-corrected chi connectivity index (χ2v) is 4.34. The molecule has 1 amide bonds. The Morgan fingerprint density at radius 2 is 1.94 bits per heavy atom. The van der Waals surface area contributed by atoms with Crippen molar-refractivity contribution in [3.05, 3.63) is 29.8 Å². The summed E-state index contributed by atoms with van der Waals surface area (Å²) in [5, 5.41) is 11.3. The van der Waals surface area contributed by atoms with Crippen LogP contribution in [0.1, 0.15) is 44.6 Å². The first-order chi connectivity index (χ1) is 8.54. The predicted molar refractivity (Wildman–Crippen MR) is 70.6 cm³/mol. The summed E-state index contributed by atoms with van der Waals surface area (Å²) in [7, 11) is 0. The van der Waals surface area contributed by atoms with Gasteiger partial charge in [0, 0.05) is 12.1 Å². The molecule has 1 atom stereocenters. The molecule has 0 aliphatic rings. The third-order valence-electron chi connectivity index (χ3n) is 2.94. The Bertz CT molecular complexity index is 429. The Labute approximate surface area is 107 Å². The summed E-state index contributed by atoms with van der Waals surface area (Å²) in [4.78, 5) is 22.0. The van der Waals surface area contributed by atoms with Crippen LogP contribution in [0.15, 0.2) is 24.3 Å². The van der Waals surface area contributed by atoms with E-state index < -0.39 is 5.97 Å². The highest BCUT2D eigenvalue weighted by Crippen LogP contribution is 2.26. The van der Waals surface area contributed by atoms with Crippen LogP contribution in [0.5, 0.6) is 0 Å². The van der Waals surface area contributed by atoms with E-state index in [1.807, 2.05) is 24.3 Å². The molecule has 1 rings (SSSR count). The average molecular weight is 249 g/mol. The molecule has 0 saturated carbocycles. The molecule has 0 spiro atoms. The zero-order valence-corrected chi connectivity index (χ0v) is 10.8. The minimum atomic E-state index is -0.958. The standard InChI is InChI=1S/C14H19NO3/c1-3-10(2)11-6-4-5-7-12(11)15-13(16)8-9-14(17)18/h4-7,10H,3,8-9H2,1-2H3,(H,15,16)(H,17,18)/t10-/m0/s1. The second-order valence-electron chi connectivity index (χ2n) is 4.34. The van der Waals surface area contributed by atoms with Gasteiger partial charge in [-0.15, -0.1) is 0 Å². The Morgan fingerprint density at radius 1 is 1.28 bits per heavy atom. The number of aliphatic carboxylic acids is 1. The number of nitrogens with one attached hydrogen (secondary N) is 1. The van der Waals surface area contributed by atoms with Crippen molar-refractivity contribution in [2.24, 2.45) is 0 Å². The highest BCUT2D eigenvalue weighted by Gasteiger charge is 2.11. The monoisotopic (exact) mass is 249 g/mol. The van der Waals surface area contributed by atoms with Crippen molar-refractivity contribution in [2.75, 3.05) is 5.32 Å². The fourth-order valence-electron chi connectivity index (χ4n) is 1.69. The second kappa shape index (κ2) is 6.79. The number of amides is 1. The number of carbonyl (C=O) groups excluding carboxylic acids is 1. The SMILES string of the molecule is CC[C@H](C)c1ccccc1NC(=O)CCC(=O)O. The molecule has 0 unspecified atom stereocenters. The molecule has 0 bridgehead atoms. The van der Waals surface area contributed by atoms with Gasteiger partial charge < -0.3 is 10.4 Å². The summed E-state index contributed by atoms with van der Waals surface area (Å²) in [6.45, 7) is 4.19. The number of carboxylic acid groups (broad SMARTS) is 1. The smallest absolute Gasteiger partial charge is 0.303 e. The molecule has 98 valence electrons. The molecule has 1 aromatic rings. The van der Waals surface area contributed by atoms with Gasteiger partial charge in [0.25, 0.3) is 0 Å². The largest absolute Gasteiger partial charge is 0.481 e. The highest BCUT2D eigenvalue weighted by molar-refractivity contribution is 5.93. The topological polar surface area (TPSA) is 66.4 Å². The number of benzene rings is 1. The maximum atomic E-state index is 11.6. The molecule has 4 nitrogen and oxygen atoms in total. The number of carbonyl (C=O) groups is 2. The van der Waals surface area contributed by atoms with Crippen LogP contribution in [0.25, 0.3) is 0 Å². The van der Waals surface area contributed by atoms with E-state index in [0.29, 0.717) is 5.92 Å². The minimum Gasteiger partial charge on any atom is -0.481 e. The lowest BCUT2D eigenvalue weighted by Gasteiger charge is -2.15. The fraction of sp³-hybridized carbons (Fsp3) is 0.429. The summed E-state index contributed by atoms with van der Waals surface area (Å²) in [6.07, 6.45) is 0.851. The zero-order valence-electron chi connectivity index (χ0n) is 10.8. The third kappa shape index (κ3) is 4.20. The van der Waals surface area contributed by atoms with Gasteiger partial charge in [-0.3, -0.25) is 9.59 Å². The van der Waals surface area contributed by atoms with Crippen molar-refractivity contribution in [3.8, 4) is 0 Å². The molecule has 0 saturated heterocycles. The molecule has 0 aromatic heterocycles. The molecular formula is C14H19NO3. The van der Waals surface area contributed by atoms with E-state index in [0.717, 1.165) is 17.7 Å². The van der Waals surface area contributed by atoms with Gasteiger partial charge in [-0.1, -0.05) is 32.0 Å². The summed E-state index contributed by atoms with van der Waals surface area (Å²) in [5.74, 6) is -0.852. The summed E-state index contributed by atoms with van der Waals surface area (Å²) in [6, 6.07) is 7.63. The Kier molecular flexibility index (Phi) is 5.36. The molecule has 0 heterocycles. The van der Waals surface area contributed by atoms with E-state index >= 15 is 0 Å². The molecule has 0 radical (unpaired) electrons. The van der Waals surface area contributed by atoms with E-state index in [4.69, 9.17) is 5.11 Å². The Morgan fingerprint density at radius 3 is 2.56 bits per heavy atom. The van der Waals surface area contributed by atoms with Gasteiger partial charge in [0.15, 0.2) is 0 Å².